The maximum Gasteiger partial charge on any atom is 0.244 e. The van der Waals surface area contributed by atoms with Crippen LogP contribution < -0.4 is 9.46 Å². The van der Waals surface area contributed by atoms with Crippen LogP contribution in [0.5, 0.6) is 5.75 Å². The SMILES string of the molecule is COc1cc(C(C)C)ccc1S(=O)(=O)NCc1ccco1. The third kappa shape index (κ3) is 3.65. The zero-order valence-corrected chi connectivity index (χ0v) is 13.1. The predicted molar refractivity (Wildman–Crippen MR) is 79.8 cm³/mol. The molecule has 0 atom stereocenters. The Morgan fingerprint density at radius 2 is 2.05 bits per heavy atom. The zero-order chi connectivity index (χ0) is 15.5. The quantitative estimate of drug-likeness (QED) is 0.891. The number of hydrogen-bond acceptors (Lipinski definition) is 4. The number of hydrogen-bond donors (Lipinski definition) is 1. The molecule has 0 fully saturated rings. The summed E-state index contributed by atoms with van der Waals surface area (Å²) in [5.41, 5.74) is 1.02. The van der Waals surface area contributed by atoms with Crippen molar-refractivity contribution in [2.75, 3.05) is 7.11 Å². The van der Waals surface area contributed by atoms with Gasteiger partial charge in [-0.25, -0.2) is 13.1 Å². The first-order valence-electron chi connectivity index (χ1n) is 6.64. The maximum absolute atomic E-state index is 12.4. The highest BCUT2D eigenvalue weighted by atomic mass is 32.2. The molecule has 0 spiro atoms. The molecular formula is C15H19NO4S. The number of rotatable bonds is 6. The van der Waals surface area contributed by atoms with Gasteiger partial charge in [-0.05, 0) is 35.7 Å². The largest absolute Gasteiger partial charge is 0.495 e. The van der Waals surface area contributed by atoms with Gasteiger partial charge in [0.2, 0.25) is 10.0 Å². The van der Waals surface area contributed by atoms with E-state index in [2.05, 4.69) is 4.72 Å². The Morgan fingerprint density at radius 1 is 1.29 bits per heavy atom. The van der Waals surface area contributed by atoms with Crippen molar-refractivity contribution < 1.29 is 17.6 Å². The van der Waals surface area contributed by atoms with Gasteiger partial charge in [0, 0.05) is 0 Å². The molecule has 114 valence electrons. The number of benzene rings is 1. The smallest absolute Gasteiger partial charge is 0.244 e. The van der Waals surface area contributed by atoms with Crippen molar-refractivity contribution in [3.63, 3.8) is 0 Å². The van der Waals surface area contributed by atoms with E-state index in [1.54, 1.807) is 30.3 Å². The molecule has 0 aliphatic heterocycles. The van der Waals surface area contributed by atoms with Gasteiger partial charge in [0.05, 0.1) is 19.9 Å². The molecule has 2 rings (SSSR count). The number of sulfonamides is 1. The van der Waals surface area contributed by atoms with Crippen molar-refractivity contribution in [1.82, 2.24) is 4.72 Å². The van der Waals surface area contributed by atoms with Crippen LogP contribution in [0.2, 0.25) is 0 Å². The van der Waals surface area contributed by atoms with Crippen LogP contribution in [0.25, 0.3) is 0 Å². The highest BCUT2D eigenvalue weighted by Gasteiger charge is 2.20. The van der Waals surface area contributed by atoms with Gasteiger partial charge in [-0.15, -0.1) is 0 Å². The van der Waals surface area contributed by atoms with Gasteiger partial charge in [0.25, 0.3) is 0 Å². The number of methoxy groups -OCH3 is 1. The second kappa shape index (κ2) is 6.32. The second-order valence-corrected chi connectivity index (χ2v) is 6.70. The van der Waals surface area contributed by atoms with E-state index in [1.165, 1.54) is 13.4 Å². The lowest BCUT2D eigenvalue weighted by atomic mass is 10.0. The average Bonchev–Trinajstić information content (AvgIpc) is 2.97. The van der Waals surface area contributed by atoms with Gasteiger partial charge < -0.3 is 9.15 Å². The number of nitrogens with one attached hydrogen (secondary N) is 1. The first-order valence-corrected chi connectivity index (χ1v) is 8.12. The second-order valence-electron chi connectivity index (χ2n) is 4.97. The van der Waals surface area contributed by atoms with E-state index in [0.29, 0.717) is 17.4 Å². The Morgan fingerprint density at radius 3 is 2.62 bits per heavy atom. The Bertz CT molecular complexity index is 690. The Labute approximate surface area is 125 Å². The Balaban J connectivity index is 2.26. The van der Waals surface area contributed by atoms with Gasteiger partial charge in [-0.1, -0.05) is 19.9 Å². The molecule has 2 aromatic rings. The van der Waals surface area contributed by atoms with Crippen LogP contribution in [0, 0.1) is 0 Å². The third-order valence-electron chi connectivity index (χ3n) is 3.16. The fourth-order valence-corrected chi connectivity index (χ4v) is 3.06. The zero-order valence-electron chi connectivity index (χ0n) is 12.3. The van der Waals surface area contributed by atoms with Crippen molar-refractivity contribution in [2.45, 2.75) is 31.2 Å². The molecule has 0 aliphatic carbocycles. The normalized spacial score (nSPS) is 11.8. The van der Waals surface area contributed by atoms with E-state index >= 15 is 0 Å². The lowest BCUT2D eigenvalue weighted by Crippen LogP contribution is -2.23. The first-order chi connectivity index (χ1) is 9.94. The minimum atomic E-state index is -3.66. The molecule has 1 N–H and O–H groups in total. The molecule has 0 saturated heterocycles. The van der Waals surface area contributed by atoms with Crippen LogP contribution in [0.15, 0.2) is 45.9 Å². The summed E-state index contributed by atoms with van der Waals surface area (Å²) >= 11 is 0. The lowest BCUT2D eigenvalue weighted by molar-refractivity contribution is 0.401. The van der Waals surface area contributed by atoms with E-state index in [9.17, 15) is 8.42 Å². The van der Waals surface area contributed by atoms with Crippen molar-refractivity contribution in [1.29, 1.82) is 0 Å². The van der Waals surface area contributed by atoms with Crippen LogP contribution in [0.1, 0.15) is 31.1 Å². The van der Waals surface area contributed by atoms with Crippen LogP contribution in [0.3, 0.4) is 0 Å². The van der Waals surface area contributed by atoms with Crippen molar-refractivity contribution in [2.24, 2.45) is 0 Å². The van der Waals surface area contributed by atoms with Gasteiger partial charge in [-0.2, -0.15) is 0 Å². The van der Waals surface area contributed by atoms with Gasteiger partial charge in [0.1, 0.15) is 16.4 Å². The lowest BCUT2D eigenvalue weighted by Gasteiger charge is -2.13. The summed E-state index contributed by atoms with van der Waals surface area (Å²) in [4.78, 5) is 0.126. The fraction of sp³-hybridized carbons (Fsp3) is 0.333. The summed E-state index contributed by atoms with van der Waals surface area (Å²) in [7, 11) is -2.19. The molecular weight excluding hydrogens is 290 g/mol. The Hall–Kier alpha value is -1.79. The van der Waals surface area contributed by atoms with E-state index in [0.717, 1.165) is 5.56 Å². The monoisotopic (exact) mass is 309 g/mol. The molecule has 0 aliphatic rings. The standard InChI is InChI=1S/C15H19NO4S/c1-11(2)12-6-7-15(14(9-12)19-3)21(17,18)16-10-13-5-4-8-20-13/h4-9,11,16H,10H2,1-3H3. The van der Waals surface area contributed by atoms with E-state index in [1.807, 2.05) is 13.8 Å². The summed E-state index contributed by atoms with van der Waals surface area (Å²) in [6.07, 6.45) is 1.50. The minimum absolute atomic E-state index is 0.102. The fourth-order valence-electron chi connectivity index (χ4n) is 1.92. The summed E-state index contributed by atoms with van der Waals surface area (Å²) < 4.78 is 37.5. The number of furan rings is 1. The van der Waals surface area contributed by atoms with Crippen LogP contribution in [0.4, 0.5) is 0 Å². The summed E-state index contributed by atoms with van der Waals surface area (Å²) in [5.74, 6) is 1.19. The molecule has 6 heteroatoms. The predicted octanol–water partition coefficient (Wildman–Crippen LogP) is 2.89. The van der Waals surface area contributed by atoms with Crippen LogP contribution >= 0.6 is 0 Å². The molecule has 5 nitrogen and oxygen atoms in total. The molecule has 1 aromatic heterocycles. The van der Waals surface area contributed by atoms with Crippen LogP contribution in [-0.2, 0) is 16.6 Å². The molecule has 21 heavy (non-hydrogen) atoms. The molecule has 1 aromatic carbocycles. The van der Waals surface area contributed by atoms with E-state index < -0.39 is 10.0 Å². The molecule has 1 heterocycles. The van der Waals surface area contributed by atoms with Gasteiger partial charge >= 0.3 is 0 Å². The molecule has 0 radical (unpaired) electrons. The molecule has 0 unspecified atom stereocenters. The number of ether oxygens (including phenoxy) is 1. The first kappa shape index (κ1) is 15.6. The Kier molecular flexibility index (Phi) is 4.69. The van der Waals surface area contributed by atoms with Crippen molar-refractivity contribution >= 4 is 10.0 Å². The maximum atomic E-state index is 12.4. The van der Waals surface area contributed by atoms with Crippen molar-refractivity contribution in [3.8, 4) is 5.75 Å². The minimum Gasteiger partial charge on any atom is -0.495 e. The molecule has 0 bridgehead atoms. The average molecular weight is 309 g/mol. The summed E-state index contributed by atoms with van der Waals surface area (Å²) in [6, 6.07) is 8.54. The van der Waals surface area contributed by atoms with Crippen LogP contribution in [-0.4, -0.2) is 15.5 Å². The summed E-state index contributed by atoms with van der Waals surface area (Å²) in [5, 5.41) is 0. The van der Waals surface area contributed by atoms with Crippen molar-refractivity contribution in [3.05, 3.63) is 47.9 Å². The highest BCUT2D eigenvalue weighted by Crippen LogP contribution is 2.28. The van der Waals surface area contributed by atoms with Gasteiger partial charge in [-0.3, -0.25) is 0 Å². The summed E-state index contributed by atoms with van der Waals surface area (Å²) in [6.45, 7) is 4.18. The third-order valence-corrected chi connectivity index (χ3v) is 4.60. The van der Waals surface area contributed by atoms with E-state index in [4.69, 9.17) is 9.15 Å². The molecule has 0 saturated carbocycles. The highest BCUT2D eigenvalue weighted by molar-refractivity contribution is 7.89. The molecule has 0 amide bonds. The van der Waals surface area contributed by atoms with Gasteiger partial charge in [0.15, 0.2) is 0 Å². The topological polar surface area (TPSA) is 68.5 Å². The van der Waals surface area contributed by atoms with E-state index in [-0.39, 0.29) is 11.4 Å².